The Morgan fingerprint density at radius 3 is 2.92 bits per heavy atom. The van der Waals surface area contributed by atoms with Gasteiger partial charge in [0.25, 0.3) is 0 Å². The lowest BCUT2D eigenvalue weighted by Gasteiger charge is -2.32. The molecule has 26 heavy (non-hydrogen) atoms. The smallest absolute Gasteiger partial charge is 0.246 e. The molecular formula is C19H19N5O2. The second-order valence-electron chi connectivity index (χ2n) is 6.38. The van der Waals surface area contributed by atoms with Gasteiger partial charge in [0.1, 0.15) is 0 Å². The van der Waals surface area contributed by atoms with Crippen LogP contribution in [-0.2, 0) is 17.8 Å². The minimum absolute atomic E-state index is 0.00462. The number of benzene rings is 1. The van der Waals surface area contributed by atoms with Crippen LogP contribution in [0.2, 0.25) is 0 Å². The monoisotopic (exact) mass is 349 g/mol. The number of hydrogen-bond donors (Lipinski definition) is 1. The van der Waals surface area contributed by atoms with Gasteiger partial charge in [-0.05, 0) is 30.2 Å². The van der Waals surface area contributed by atoms with Crippen molar-refractivity contribution in [2.24, 2.45) is 5.92 Å². The number of amides is 1. The van der Waals surface area contributed by atoms with Gasteiger partial charge in [-0.15, -0.1) is 0 Å². The SMILES string of the molecule is CN1C[C@@H](C(=O)NCc2nc(-c3ccncc3)no2)Cc2ccccc21. The fraction of sp³-hybridized carbons (Fsp3) is 0.263. The maximum absolute atomic E-state index is 12.6. The van der Waals surface area contributed by atoms with E-state index < -0.39 is 0 Å². The molecule has 0 saturated heterocycles. The fourth-order valence-electron chi connectivity index (χ4n) is 3.24. The van der Waals surface area contributed by atoms with Crippen LogP contribution in [0.3, 0.4) is 0 Å². The number of hydrogen-bond acceptors (Lipinski definition) is 6. The van der Waals surface area contributed by atoms with Crippen molar-refractivity contribution in [3.05, 3.63) is 60.2 Å². The number of rotatable bonds is 4. The first-order chi connectivity index (χ1) is 12.7. The first kappa shape index (κ1) is 16.3. The molecule has 2 aromatic heterocycles. The Morgan fingerprint density at radius 1 is 1.27 bits per heavy atom. The number of carbonyl (C=O) groups is 1. The van der Waals surface area contributed by atoms with Crippen molar-refractivity contribution in [1.29, 1.82) is 0 Å². The van der Waals surface area contributed by atoms with Crippen LogP contribution in [0, 0.1) is 5.92 Å². The summed E-state index contributed by atoms with van der Waals surface area (Å²) in [7, 11) is 2.01. The lowest BCUT2D eigenvalue weighted by Crippen LogP contribution is -2.41. The molecular weight excluding hydrogens is 330 g/mol. The summed E-state index contributed by atoms with van der Waals surface area (Å²) in [5.74, 6) is 0.769. The van der Waals surface area contributed by atoms with Crippen molar-refractivity contribution in [2.45, 2.75) is 13.0 Å². The molecule has 3 aromatic rings. The summed E-state index contributed by atoms with van der Waals surface area (Å²) in [5, 5.41) is 6.86. The second-order valence-corrected chi connectivity index (χ2v) is 6.38. The molecule has 1 amide bonds. The molecule has 1 aliphatic rings. The molecule has 7 nitrogen and oxygen atoms in total. The quantitative estimate of drug-likeness (QED) is 0.776. The summed E-state index contributed by atoms with van der Waals surface area (Å²) in [4.78, 5) is 23.0. The number of para-hydroxylation sites is 1. The zero-order valence-electron chi connectivity index (χ0n) is 14.4. The number of anilines is 1. The first-order valence-electron chi connectivity index (χ1n) is 8.50. The number of fused-ring (bicyclic) bond motifs is 1. The summed E-state index contributed by atoms with van der Waals surface area (Å²) in [6.45, 7) is 0.910. The molecule has 0 saturated carbocycles. The van der Waals surface area contributed by atoms with Crippen molar-refractivity contribution in [2.75, 3.05) is 18.5 Å². The third-order valence-electron chi connectivity index (χ3n) is 4.55. The van der Waals surface area contributed by atoms with E-state index in [0.29, 0.717) is 18.3 Å². The molecule has 0 aliphatic carbocycles. The average Bonchev–Trinajstić information content (AvgIpc) is 3.16. The summed E-state index contributed by atoms with van der Waals surface area (Å²) in [6.07, 6.45) is 4.08. The molecule has 0 spiro atoms. The summed E-state index contributed by atoms with van der Waals surface area (Å²) < 4.78 is 5.23. The Morgan fingerprint density at radius 2 is 2.08 bits per heavy atom. The van der Waals surface area contributed by atoms with Crippen molar-refractivity contribution in [1.82, 2.24) is 20.4 Å². The molecule has 1 N–H and O–H groups in total. The number of nitrogens with one attached hydrogen (secondary N) is 1. The zero-order chi connectivity index (χ0) is 17.9. The van der Waals surface area contributed by atoms with Crippen LogP contribution in [0.15, 0.2) is 53.3 Å². The minimum Gasteiger partial charge on any atom is -0.374 e. The number of aromatic nitrogens is 3. The van der Waals surface area contributed by atoms with Crippen LogP contribution in [-0.4, -0.2) is 34.6 Å². The van der Waals surface area contributed by atoms with E-state index >= 15 is 0 Å². The lowest BCUT2D eigenvalue weighted by molar-refractivity contribution is -0.125. The lowest BCUT2D eigenvalue weighted by atomic mass is 9.92. The van der Waals surface area contributed by atoms with E-state index in [2.05, 4.69) is 37.5 Å². The Kier molecular flexibility index (Phi) is 4.35. The molecule has 4 rings (SSSR count). The van der Waals surface area contributed by atoms with Gasteiger partial charge in [-0.1, -0.05) is 23.4 Å². The van der Waals surface area contributed by atoms with Crippen molar-refractivity contribution < 1.29 is 9.32 Å². The van der Waals surface area contributed by atoms with Crippen LogP contribution in [0.5, 0.6) is 0 Å². The Balaban J connectivity index is 1.38. The largest absolute Gasteiger partial charge is 0.374 e. The van der Waals surface area contributed by atoms with Crippen LogP contribution < -0.4 is 10.2 Å². The molecule has 7 heteroatoms. The molecule has 0 fully saturated rings. The van der Waals surface area contributed by atoms with Crippen LogP contribution in [0.4, 0.5) is 5.69 Å². The van der Waals surface area contributed by atoms with Gasteiger partial charge >= 0.3 is 0 Å². The summed E-state index contributed by atoms with van der Waals surface area (Å²) in [5.41, 5.74) is 3.21. The molecule has 3 heterocycles. The standard InChI is InChI=1S/C19H19N5O2/c1-24-12-15(10-14-4-2-3-5-16(14)24)19(25)21-11-17-22-18(23-26-17)13-6-8-20-9-7-13/h2-9,15H,10-12H2,1H3,(H,21,25)/t15-/m0/s1. The predicted octanol–water partition coefficient (Wildman–Crippen LogP) is 2.06. The van der Waals surface area contributed by atoms with Crippen LogP contribution in [0.25, 0.3) is 11.4 Å². The third kappa shape index (κ3) is 3.28. The Hall–Kier alpha value is -3.22. The highest BCUT2D eigenvalue weighted by molar-refractivity contribution is 5.81. The van der Waals surface area contributed by atoms with Crippen LogP contribution in [0.1, 0.15) is 11.5 Å². The Labute approximate surface area is 151 Å². The number of carbonyl (C=O) groups excluding carboxylic acids is 1. The van der Waals surface area contributed by atoms with Gasteiger partial charge < -0.3 is 14.7 Å². The molecule has 0 bridgehead atoms. The topological polar surface area (TPSA) is 84.2 Å². The number of pyridine rings is 1. The van der Waals surface area contributed by atoms with E-state index in [9.17, 15) is 4.79 Å². The van der Waals surface area contributed by atoms with E-state index in [0.717, 1.165) is 12.0 Å². The van der Waals surface area contributed by atoms with Gasteiger partial charge in [-0.3, -0.25) is 9.78 Å². The maximum Gasteiger partial charge on any atom is 0.246 e. The van der Waals surface area contributed by atoms with E-state index in [1.165, 1.54) is 11.3 Å². The second kappa shape index (κ2) is 6.95. The third-order valence-corrected chi connectivity index (χ3v) is 4.55. The highest BCUT2D eigenvalue weighted by atomic mass is 16.5. The molecule has 1 aliphatic heterocycles. The van der Waals surface area contributed by atoms with E-state index in [1.807, 2.05) is 31.3 Å². The van der Waals surface area contributed by atoms with E-state index in [1.54, 1.807) is 12.4 Å². The summed E-state index contributed by atoms with van der Waals surface area (Å²) >= 11 is 0. The van der Waals surface area contributed by atoms with E-state index in [-0.39, 0.29) is 18.4 Å². The van der Waals surface area contributed by atoms with Crippen molar-refractivity contribution in [3.63, 3.8) is 0 Å². The first-order valence-corrected chi connectivity index (χ1v) is 8.50. The van der Waals surface area contributed by atoms with Crippen LogP contribution >= 0.6 is 0 Å². The minimum atomic E-state index is -0.0995. The highest BCUT2D eigenvalue weighted by Gasteiger charge is 2.27. The van der Waals surface area contributed by atoms with Gasteiger partial charge in [0, 0.05) is 37.2 Å². The Bertz CT molecular complexity index is 909. The van der Waals surface area contributed by atoms with Gasteiger partial charge in [-0.2, -0.15) is 4.98 Å². The maximum atomic E-state index is 12.6. The molecule has 1 atom stereocenters. The van der Waals surface area contributed by atoms with Crippen molar-refractivity contribution in [3.8, 4) is 11.4 Å². The van der Waals surface area contributed by atoms with Gasteiger partial charge in [0.05, 0.1) is 12.5 Å². The summed E-state index contributed by atoms with van der Waals surface area (Å²) in [6, 6.07) is 11.8. The van der Waals surface area contributed by atoms with Gasteiger partial charge in [0.2, 0.25) is 17.6 Å². The zero-order valence-corrected chi connectivity index (χ0v) is 14.4. The van der Waals surface area contributed by atoms with Gasteiger partial charge in [0.15, 0.2) is 0 Å². The predicted molar refractivity (Wildman–Crippen MR) is 96.3 cm³/mol. The molecule has 0 unspecified atom stereocenters. The van der Waals surface area contributed by atoms with Gasteiger partial charge in [-0.25, -0.2) is 0 Å². The molecule has 132 valence electrons. The molecule has 1 aromatic carbocycles. The van der Waals surface area contributed by atoms with E-state index in [4.69, 9.17) is 4.52 Å². The number of nitrogens with zero attached hydrogens (tertiary/aromatic N) is 4. The fourth-order valence-corrected chi connectivity index (χ4v) is 3.24. The molecule has 0 radical (unpaired) electrons. The average molecular weight is 349 g/mol. The highest BCUT2D eigenvalue weighted by Crippen LogP contribution is 2.28. The van der Waals surface area contributed by atoms with Crippen molar-refractivity contribution >= 4 is 11.6 Å². The normalized spacial score (nSPS) is 16.2.